The monoisotopic (exact) mass is 277 g/mol. The molecule has 2 rings (SSSR count). The highest BCUT2D eigenvalue weighted by Crippen LogP contribution is 2.39. The first-order chi connectivity index (χ1) is 9.41. The third-order valence-electron chi connectivity index (χ3n) is 3.50. The Hall–Kier alpha value is -2.17. The first kappa shape index (κ1) is 14.2. The number of carboxylic acid groups (broad SMARTS) is 1. The maximum atomic E-state index is 13.0. The molecule has 2 N–H and O–H groups in total. The minimum Gasteiger partial charge on any atom is -0.480 e. The normalized spacial score (nSPS) is 17.7. The SMILES string of the molecule is CC(NC(=O)/C=C/c1cccc(F)c1)(C(=O)O)C1CC1. The molecule has 1 fully saturated rings. The van der Waals surface area contributed by atoms with E-state index in [4.69, 9.17) is 0 Å². The number of carboxylic acids is 1. The van der Waals surface area contributed by atoms with Crippen LogP contribution in [0.25, 0.3) is 6.08 Å². The summed E-state index contributed by atoms with van der Waals surface area (Å²) in [6.07, 6.45) is 4.28. The number of hydrogen-bond donors (Lipinski definition) is 2. The summed E-state index contributed by atoms with van der Waals surface area (Å²) in [7, 11) is 0. The van der Waals surface area contributed by atoms with E-state index < -0.39 is 17.4 Å². The lowest BCUT2D eigenvalue weighted by molar-refractivity contribution is -0.147. The zero-order valence-electron chi connectivity index (χ0n) is 11.1. The number of amides is 1. The average molecular weight is 277 g/mol. The van der Waals surface area contributed by atoms with Crippen molar-refractivity contribution < 1.29 is 19.1 Å². The summed E-state index contributed by atoms with van der Waals surface area (Å²) in [5.41, 5.74) is -0.688. The second-order valence-electron chi connectivity index (χ2n) is 5.16. The van der Waals surface area contributed by atoms with Gasteiger partial charge in [-0.15, -0.1) is 0 Å². The van der Waals surface area contributed by atoms with E-state index in [2.05, 4.69) is 5.32 Å². The lowest BCUT2D eigenvalue weighted by Crippen LogP contribution is -2.53. The average Bonchev–Trinajstić information content (AvgIpc) is 3.20. The van der Waals surface area contributed by atoms with Gasteiger partial charge in [-0.3, -0.25) is 4.79 Å². The maximum Gasteiger partial charge on any atom is 0.329 e. The quantitative estimate of drug-likeness (QED) is 0.811. The molecule has 106 valence electrons. The van der Waals surface area contributed by atoms with Crippen LogP contribution in [-0.2, 0) is 9.59 Å². The summed E-state index contributed by atoms with van der Waals surface area (Å²) in [5.74, 6) is -1.94. The van der Waals surface area contributed by atoms with E-state index in [1.165, 1.54) is 31.2 Å². The van der Waals surface area contributed by atoms with E-state index in [0.29, 0.717) is 5.56 Å². The van der Waals surface area contributed by atoms with Crippen LogP contribution < -0.4 is 5.32 Å². The largest absolute Gasteiger partial charge is 0.480 e. The van der Waals surface area contributed by atoms with Gasteiger partial charge in [0.25, 0.3) is 0 Å². The minimum absolute atomic E-state index is 0.0217. The number of hydrogen-bond acceptors (Lipinski definition) is 2. The molecule has 5 heteroatoms. The van der Waals surface area contributed by atoms with Gasteiger partial charge in [0, 0.05) is 6.08 Å². The van der Waals surface area contributed by atoms with Crippen LogP contribution in [0.15, 0.2) is 30.3 Å². The molecule has 0 saturated heterocycles. The van der Waals surface area contributed by atoms with Crippen LogP contribution in [0.2, 0.25) is 0 Å². The Morgan fingerprint density at radius 3 is 2.70 bits per heavy atom. The second-order valence-corrected chi connectivity index (χ2v) is 5.16. The number of carbonyl (C=O) groups excluding carboxylic acids is 1. The molecule has 0 aliphatic heterocycles. The Kier molecular flexibility index (Phi) is 3.88. The highest BCUT2D eigenvalue weighted by Gasteiger charge is 2.48. The van der Waals surface area contributed by atoms with Crippen LogP contribution >= 0.6 is 0 Å². The van der Waals surface area contributed by atoms with Crippen molar-refractivity contribution in [2.24, 2.45) is 5.92 Å². The molecular formula is C15H16FNO3. The summed E-state index contributed by atoms with van der Waals surface area (Å²) in [6, 6.07) is 5.80. The van der Waals surface area contributed by atoms with Gasteiger partial charge in [-0.2, -0.15) is 0 Å². The molecule has 1 amide bonds. The molecule has 1 saturated carbocycles. The summed E-state index contributed by atoms with van der Waals surface area (Å²) >= 11 is 0. The van der Waals surface area contributed by atoms with Crippen molar-refractivity contribution in [2.45, 2.75) is 25.3 Å². The highest BCUT2D eigenvalue weighted by atomic mass is 19.1. The Bertz CT molecular complexity index is 566. The molecule has 20 heavy (non-hydrogen) atoms. The summed E-state index contributed by atoms with van der Waals surface area (Å²) in [5, 5.41) is 11.7. The fourth-order valence-corrected chi connectivity index (χ4v) is 2.07. The predicted molar refractivity (Wildman–Crippen MR) is 72.3 cm³/mol. The third-order valence-corrected chi connectivity index (χ3v) is 3.50. The molecule has 4 nitrogen and oxygen atoms in total. The van der Waals surface area contributed by atoms with E-state index in [1.807, 2.05) is 0 Å². The molecule has 1 atom stereocenters. The molecule has 1 unspecified atom stereocenters. The minimum atomic E-state index is -1.23. The highest BCUT2D eigenvalue weighted by molar-refractivity contribution is 5.95. The molecule has 0 bridgehead atoms. The van der Waals surface area contributed by atoms with Gasteiger partial charge < -0.3 is 10.4 Å². The molecule has 0 radical (unpaired) electrons. The summed E-state index contributed by atoms with van der Waals surface area (Å²) < 4.78 is 13.0. The van der Waals surface area contributed by atoms with E-state index in [9.17, 15) is 19.1 Å². The standard InChI is InChI=1S/C15H16FNO3/c1-15(14(19)20,11-6-7-11)17-13(18)8-5-10-3-2-4-12(16)9-10/h2-5,8-9,11H,6-7H2,1H3,(H,17,18)(H,19,20)/b8-5+. The number of benzene rings is 1. The van der Waals surface area contributed by atoms with Gasteiger partial charge in [0.15, 0.2) is 0 Å². The first-order valence-corrected chi connectivity index (χ1v) is 6.41. The lowest BCUT2D eigenvalue weighted by atomic mass is 9.96. The van der Waals surface area contributed by atoms with Crippen molar-refractivity contribution >= 4 is 18.0 Å². The van der Waals surface area contributed by atoms with Crippen LogP contribution in [-0.4, -0.2) is 22.5 Å². The van der Waals surface area contributed by atoms with E-state index >= 15 is 0 Å². The van der Waals surface area contributed by atoms with Crippen LogP contribution in [0.4, 0.5) is 4.39 Å². The van der Waals surface area contributed by atoms with Crippen molar-refractivity contribution in [1.82, 2.24) is 5.32 Å². The number of aliphatic carboxylic acids is 1. The summed E-state index contributed by atoms with van der Waals surface area (Å²) in [6.45, 7) is 1.51. The van der Waals surface area contributed by atoms with E-state index in [0.717, 1.165) is 12.8 Å². The number of carbonyl (C=O) groups is 2. The Morgan fingerprint density at radius 2 is 2.15 bits per heavy atom. The van der Waals surface area contributed by atoms with Crippen molar-refractivity contribution in [3.05, 3.63) is 41.7 Å². The zero-order chi connectivity index (χ0) is 14.8. The molecule has 1 aromatic rings. The smallest absolute Gasteiger partial charge is 0.329 e. The summed E-state index contributed by atoms with van der Waals surface area (Å²) in [4.78, 5) is 23.1. The molecule has 0 heterocycles. The van der Waals surface area contributed by atoms with Gasteiger partial charge in [-0.1, -0.05) is 12.1 Å². The topological polar surface area (TPSA) is 66.4 Å². The lowest BCUT2D eigenvalue weighted by Gasteiger charge is -2.25. The third kappa shape index (κ3) is 3.23. The van der Waals surface area contributed by atoms with Crippen molar-refractivity contribution in [3.63, 3.8) is 0 Å². The van der Waals surface area contributed by atoms with Crippen LogP contribution in [0.1, 0.15) is 25.3 Å². The number of nitrogens with one attached hydrogen (secondary N) is 1. The molecule has 1 aliphatic carbocycles. The maximum absolute atomic E-state index is 13.0. The van der Waals surface area contributed by atoms with Gasteiger partial charge >= 0.3 is 5.97 Å². The van der Waals surface area contributed by atoms with Gasteiger partial charge in [0.1, 0.15) is 11.4 Å². The number of halogens is 1. The second kappa shape index (κ2) is 5.45. The fraction of sp³-hybridized carbons (Fsp3) is 0.333. The fourth-order valence-electron chi connectivity index (χ4n) is 2.07. The van der Waals surface area contributed by atoms with Crippen molar-refractivity contribution in [3.8, 4) is 0 Å². The molecule has 0 spiro atoms. The van der Waals surface area contributed by atoms with Crippen molar-refractivity contribution in [1.29, 1.82) is 0 Å². The van der Waals surface area contributed by atoms with Crippen LogP contribution in [0.5, 0.6) is 0 Å². The molecular weight excluding hydrogens is 261 g/mol. The zero-order valence-corrected chi connectivity index (χ0v) is 11.1. The van der Waals surface area contributed by atoms with E-state index in [1.54, 1.807) is 12.1 Å². The van der Waals surface area contributed by atoms with Crippen molar-refractivity contribution in [2.75, 3.05) is 0 Å². The Morgan fingerprint density at radius 1 is 1.45 bits per heavy atom. The van der Waals surface area contributed by atoms with Gasteiger partial charge in [0.05, 0.1) is 0 Å². The van der Waals surface area contributed by atoms with Gasteiger partial charge in [0.2, 0.25) is 5.91 Å². The van der Waals surface area contributed by atoms with Crippen LogP contribution in [0, 0.1) is 11.7 Å². The first-order valence-electron chi connectivity index (χ1n) is 6.41. The van der Waals surface area contributed by atoms with E-state index in [-0.39, 0.29) is 11.7 Å². The van der Waals surface area contributed by atoms with Crippen LogP contribution in [0.3, 0.4) is 0 Å². The molecule has 1 aromatic carbocycles. The molecule has 1 aliphatic rings. The number of rotatable bonds is 5. The Labute approximate surface area is 116 Å². The Balaban J connectivity index is 2.03. The molecule has 0 aromatic heterocycles. The van der Waals surface area contributed by atoms with Gasteiger partial charge in [-0.05, 0) is 49.5 Å². The van der Waals surface area contributed by atoms with Gasteiger partial charge in [-0.25, -0.2) is 9.18 Å². The predicted octanol–water partition coefficient (Wildman–Crippen LogP) is 2.21.